The monoisotopic (exact) mass is 288 g/mol. The molecule has 2 atom stereocenters. The smallest absolute Gasteiger partial charge is 0.330 e. The summed E-state index contributed by atoms with van der Waals surface area (Å²) in [5, 5.41) is 10.1. The lowest BCUT2D eigenvalue weighted by Crippen LogP contribution is -2.45. The van der Waals surface area contributed by atoms with Crippen LogP contribution in [0.4, 0.5) is 0 Å². The molecule has 112 valence electrons. The fourth-order valence-corrected chi connectivity index (χ4v) is 2.66. The first-order valence-corrected chi connectivity index (χ1v) is 9.63. The molecule has 0 aliphatic rings. The summed E-state index contributed by atoms with van der Waals surface area (Å²) in [7, 11) is -1.91. The molecule has 0 rings (SSSR count). The molecule has 0 bridgehead atoms. The highest BCUT2D eigenvalue weighted by molar-refractivity contribution is 6.74. The molecule has 0 aromatic rings. The van der Waals surface area contributed by atoms with Gasteiger partial charge in [-0.25, -0.2) is 4.79 Å². The third-order valence-electron chi connectivity index (χ3n) is 3.48. The lowest BCUT2D eigenvalue weighted by atomic mass is 10.2. The second-order valence-electron chi connectivity index (χ2n) is 6.19. The topological polar surface area (TPSA) is 55.8 Å². The van der Waals surface area contributed by atoms with E-state index in [1.54, 1.807) is 6.92 Å². The largest absolute Gasteiger partial charge is 0.463 e. The van der Waals surface area contributed by atoms with Crippen molar-refractivity contribution in [3.05, 3.63) is 12.2 Å². The predicted octanol–water partition coefficient (Wildman–Crippen LogP) is 2.88. The Hall–Kier alpha value is -0.653. The zero-order valence-electron chi connectivity index (χ0n) is 13.2. The van der Waals surface area contributed by atoms with Crippen LogP contribution in [0, 0.1) is 0 Å². The maximum absolute atomic E-state index is 11.2. The Morgan fingerprint density at radius 1 is 1.37 bits per heavy atom. The molecule has 1 N–H and O–H groups in total. The zero-order chi connectivity index (χ0) is 15.3. The van der Waals surface area contributed by atoms with Gasteiger partial charge in [0.15, 0.2) is 8.32 Å². The molecule has 0 amide bonds. The normalized spacial score (nSPS) is 16.4. The molecule has 0 aliphatic heterocycles. The summed E-state index contributed by atoms with van der Waals surface area (Å²) >= 11 is 0. The molecule has 0 radical (unpaired) electrons. The molecule has 0 aliphatic carbocycles. The van der Waals surface area contributed by atoms with Crippen molar-refractivity contribution in [2.24, 2.45) is 0 Å². The van der Waals surface area contributed by atoms with Crippen LogP contribution in [0.5, 0.6) is 0 Å². The zero-order valence-corrected chi connectivity index (χ0v) is 14.2. The van der Waals surface area contributed by atoms with Crippen LogP contribution in [0.15, 0.2) is 12.2 Å². The van der Waals surface area contributed by atoms with Crippen LogP contribution >= 0.6 is 0 Å². The molecule has 0 fully saturated rings. The number of hydrogen-bond acceptors (Lipinski definition) is 4. The molecule has 0 aromatic carbocycles. The number of aliphatic hydroxyl groups excluding tert-OH is 1. The van der Waals surface area contributed by atoms with Gasteiger partial charge in [-0.15, -0.1) is 0 Å². The van der Waals surface area contributed by atoms with Gasteiger partial charge in [0.05, 0.1) is 18.8 Å². The molecule has 0 saturated heterocycles. The first-order valence-electron chi connectivity index (χ1n) is 6.72. The summed E-state index contributed by atoms with van der Waals surface area (Å²) in [4.78, 5) is 11.2. The van der Waals surface area contributed by atoms with Crippen molar-refractivity contribution in [3.63, 3.8) is 0 Å². The molecule has 0 saturated carbocycles. The van der Waals surface area contributed by atoms with Gasteiger partial charge in [0.2, 0.25) is 0 Å². The Kier molecular flexibility index (Phi) is 6.97. The summed E-state index contributed by atoms with van der Waals surface area (Å²) in [6, 6.07) is 0. The van der Waals surface area contributed by atoms with Crippen LogP contribution in [0.3, 0.4) is 0 Å². The molecule has 0 unspecified atom stereocenters. The van der Waals surface area contributed by atoms with E-state index in [-0.39, 0.29) is 11.1 Å². The van der Waals surface area contributed by atoms with Gasteiger partial charge in [0.1, 0.15) is 0 Å². The van der Waals surface area contributed by atoms with Gasteiger partial charge in [-0.2, -0.15) is 0 Å². The molecule has 5 heteroatoms. The Balaban J connectivity index is 4.51. The van der Waals surface area contributed by atoms with E-state index < -0.39 is 20.4 Å². The number of carbonyl (C=O) groups excluding carboxylic acids is 1. The average Bonchev–Trinajstić information content (AvgIpc) is 2.24. The number of hydrogen-bond donors (Lipinski definition) is 1. The van der Waals surface area contributed by atoms with Crippen LogP contribution in [-0.2, 0) is 14.0 Å². The van der Waals surface area contributed by atoms with Gasteiger partial charge >= 0.3 is 5.97 Å². The highest BCUT2D eigenvalue weighted by Crippen LogP contribution is 2.37. The molecular formula is C14H28O4Si. The Labute approximate surface area is 117 Å². The summed E-state index contributed by atoms with van der Waals surface area (Å²) in [6.07, 6.45) is 1.53. The summed E-state index contributed by atoms with van der Waals surface area (Å²) in [5.74, 6) is -0.443. The van der Waals surface area contributed by atoms with Gasteiger partial charge in [0, 0.05) is 6.08 Å². The molecule has 4 nitrogen and oxygen atoms in total. The third kappa shape index (κ3) is 6.36. The van der Waals surface area contributed by atoms with Crippen molar-refractivity contribution in [1.29, 1.82) is 0 Å². The van der Waals surface area contributed by atoms with Crippen molar-refractivity contribution in [3.8, 4) is 0 Å². The first kappa shape index (κ1) is 18.3. The van der Waals surface area contributed by atoms with Crippen molar-refractivity contribution in [2.45, 2.75) is 65.0 Å². The standard InChI is InChI=1S/C14H28O4Si/c1-8-17-13(16)10-9-12(15)11(2)18-19(6,7)14(3,4)5/h9-12,15H,8H2,1-7H3/b10-9+/t11-,12-/m0/s1. The van der Waals surface area contributed by atoms with E-state index in [2.05, 4.69) is 33.9 Å². The minimum Gasteiger partial charge on any atom is -0.463 e. The highest BCUT2D eigenvalue weighted by Gasteiger charge is 2.39. The number of rotatable bonds is 6. The van der Waals surface area contributed by atoms with E-state index in [1.165, 1.54) is 12.2 Å². The Morgan fingerprint density at radius 2 is 1.89 bits per heavy atom. The number of aliphatic hydroxyl groups is 1. The van der Waals surface area contributed by atoms with Crippen LogP contribution < -0.4 is 0 Å². The first-order chi connectivity index (χ1) is 8.51. The van der Waals surface area contributed by atoms with E-state index in [9.17, 15) is 9.90 Å². The number of esters is 1. The van der Waals surface area contributed by atoms with Crippen molar-refractivity contribution < 1.29 is 19.1 Å². The van der Waals surface area contributed by atoms with Crippen LogP contribution in [0.2, 0.25) is 18.1 Å². The highest BCUT2D eigenvalue weighted by atomic mass is 28.4. The van der Waals surface area contributed by atoms with Gasteiger partial charge in [-0.1, -0.05) is 20.8 Å². The van der Waals surface area contributed by atoms with Crippen molar-refractivity contribution >= 4 is 14.3 Å². The van der Waals surface area contributed by atoms with Gasteiger partial charge in [0.25, 0.3) is 0 Å². The lowest BCUT2D eigenvalue weighted by molar-refractivity contribution is -0.137. The average molecular weight is 288 g/mol. The lowest BCUT2D eigenvalue weighted by Gasteiger charge is -2.39. The number of ether oxygens (including phenoxy) is 1. The molecule has 19 heavy (non-hydrogen) atoms. The second-order valence-corrected chi connectivity index (χ2v) is 10.9. The van der Waals surface area contributed by atoms with E-state index >= 15 is 0 Å². The van der Waals surface area contributed by atoms with Gasteiger partial charge in [-0.05, 0) is 38.1 Å². The third-order valence-corrected chi connectivity index (χ3v) is 8.06. The summed E-state index contributed by atoms with van der Waals surface area (Å²) in [5.41, 5.74) is 0. The van der Waals surface area contributed by atoms with Gasteiger partial charge < -0.3 is 14.3 Å². The van der Waals surface area contributed by atoms with Crippen molar-refractivity contribution in [2.75, 3.05) is 6.61 Å². The quantitative estimate of drug-likeness (QED) is 0.464. The molecule has 0 aromatic heterocycles. The maximum atomic E-state index is 11.2. The van der Waals surface area contributed by atoms with Crippen LogP contribution in [-0.4, -0.2) is 38.2 Å². The fraction of sp³-hybridized carbons (Fsp3) is 0.786. The van der Waals surface area contributed by atoms with E-state index in [4.69, 9.17) is 9.16 Å². The maximum Gasteiger partial charge on any atom is 0.330 e. The fourth-order valence-electron chi connectivity index (χ4n) is 1.24. The van der Waals surface area contributed by atoms with E-state index in [0.717, 1.165) is 0 Å². The van der Waals surface area contributed by atoms with Gasteiger partial charge in [-0.3, -0.25) is 0 Å². The minimum atomic E-state index is -1.91. The summed E-state index contributed by atoms with van der Waals surface area (Å²) in [6.45, 7) is 14.6. The molecule has 0 heterocycles. The van der Waals surface area contributed by atoms with Crippen LogP contribution in [0.25, 0.3) is 0 Å². The Morgan fingerprint density at radius 3 is 2.32 bits per heavy atom. The molecule has 0 spiro atoms. The predicted molar refractivity (Wildman–Crippen MR) is 79.5 cm³/mol. The Bertz CT molecular complexity index is 318. The van der Waals surface area contributed by atoms with Crippen LogP contribution in [0.1, 0.15) is 34.6 Å². The second kappa shape index (κ2) is 7.22. The minimum absolute atomic E-state index is 0.0891. The van der Waals surface area contributed by atoms with E-state index in [0.29, 0.717) is 6.61 Å². The molecular weight excluding hydrogens is 260 g/mol. The SMILES string of the molecule is CCOC(=O)/C=C/[C@H](O)[C@H](C)O[Si](C)(C)C(C)(C)C. The van der Waals surface area contributed by atoms with Crippen molar-refractivity contribution in [1.82, 2.24) is 0 Å². The number of carbonyl (C=O) groups is 1. The summed E-state index contributed by atoms with van der Waals surface area (Å²) < 4.78 is 10.8. The van der Waals surface area contributed by atoms with E-state index in [1.807, 2.05) is 6.92 Å².